The van der Waals surface area contributed by atoms with Gasteiger partial charge in [0.1, 0.15) is 11.6 Å². The Balaban J connectivity index is 0.00000274. The van der Waals surface area contributed by atoms with Crippen LogP contribution in [0.4, 0.5) is 17.6 Å². The van der Waals surface area contributed by atoms with Crippen LogP contribution in [0.2, 0.25) is 0 Å². The lowest BCUT2D eigenvalue weighted by molar-refractivity contribution is -0.137. The number of alkyl halides is 3. The van der Waals surface area contributed by atoms with E-state index in [4.69, 9.17) is 0 Å². The number of halogens is 5. The number of carbonyl (C=O) groups is 1. The maximum atomic E-state index is 14.0. The van der Waals surface area contributed by atoms with Crippen LogP contribution in [0.15, 0.2) is 51.8 Å². The maximum Gasteiger partial charge on any atom is 0.416 e. The number of rotatable bonds is 2. The number of carbonyl (C=O) groups excluding carboxylic acids is 1. The van der Waals surface area contributed by atoms with Crippen LogP contribution in [-0.2, 0) is 11.0 Å². The van der Waals surface area contributed by atoms with Gasteiger partial charge in [0.05, 0.1) is 5.56 Å². The van der Waals surface area contributed by atoms with E-state index in [0.29, 0.717) is 30.1 Å². The summed E-state index contributed by atoms with van der Waals surface area (Å²) in [5, 5.41) is 0. The Bertz CT molecular complexity index is 1110. The van der Waals surface area contributed by atoms with Gasteiger partial charge in [0.25, 0.3) is 0 Å². The van der Waals surface area contributed by atoms with Crippen LogP contribution in [0.3, 0.4) is 0 Å². The zero-order valence-corrected chi connectivity index (χ0v) is 20.2. The smallest absolute Gasteiger partial charge is 0.302 e. The first-order chi connectivity index (χ1) is 15.8. The summed E-state index contributed by atoms with van der Waals surface area (Å²) >= 11 is 1.33. The third-order valence-corrected chi connectivity index (χ3v) is 8.14. The highest BCUT2D eigenvalue weighted by molar-refractivity contribution is 7.99. The fourth-order valence-electron chi connectivity index (χ4n) is 5.23. The van der Waals surface area contributed by atoms with E-state index in [0.717, 1.165) is 77.9 Å². The first-order valence-corrected chi connectivity index (χ1v) is 12.2. The van der Waals surface area contributed by atoms with Crippen molar-refractivity contribution >= 4 is 35.5 Å². The molecule has 2 aliphatic heterocycles. The van der Waals surface area contributed by atoms with E-state index in [2.05, 4.69) is 4.90 Å². The molecule has 8 heteroatoms. The molecule has 0 aromatic heterocycles. The van der Waals surface area contributed by atoms with Crippen molar-refractivity contribution in [2.24, 2.45) is 5.92 Å². The summed E-state index contributed by atoms with van der Waals surface area (Å²) in [5.41, 5.74) is 2.74. The molecule has 2 fully saturated rings. The molecule has 5 rings (SSSR count). The zero-order valence-electron chi connectivity index (χ0n) is 18.6. The predicted octanol–water partition coefficient (Wildman–Crippen LogP) is 7.39. The summed E-state index contributed by atoms with van der Waals surface area (Å²) in [6.07, 6.45) is 0.397. The third-order valence-electron chi connectivity index (χ3n) is 7.00. The Hall–Kier alpha value is -1.83. The van der Waals surface area contributed by atoms with Crippen LogP contribution in [0.5, 0.6) is 0 Å². The van der Waals surface area contributed by atoms with Crippen molar-refractivity contribution < 1.29 is 22.4 Å². The Morgan fingerprint density at radius 1 is 0.912 bits per heavy atom. The van der Waals surface area contributed by atoms with Crippen molar-refractivity contribution in [1.29, 1.82) is 0 Å². The third kappa shape index (κ3) is 5.21. The molecule has 0 amide bonds. The van der Waals surface area contributed by atoms with E-state index in [1.165, 1.54) is 36.0 Å². The summed E-state index contributed by atoms with van der Waals surface area (Å²) in [7, 11) is 0. The lowest BCUT2D eigenvalue weighted by Crippen LogP contribution is -2.36. The summed E-state index contributed by atoms with van der Waals surface area (Å²) in [6.45, 7) is 2.67. The van der Waals surface area contributed by atoms with Gasteiger partial charge in [-0.2, -0.15) is 13.2 Å². The number of piperidine rings is 1. The minimum Gasteiger partial charge on any atom is -0.302 e. The molecule has 0 spiro atoms. The molecule has 2 nitrogen and oxygen atoms in total. The Morgan fingerprint density at radius 3 is 2.29 bits per heavy atom. The van der Waals surface area contributed by atoms with Crippen LogP contribution in [0.1, 0.15) is 55.2 Å². The van der Waals surface area contributed by atoms with Gasteiger partial charge in [-0.25, -0.2) is 4.39 Å². The van der Waals surface area contributed by atoms with Gasteiger partial charge in [-0.05, 0) is 78.6 Å². The molecule has 0 bridgehead atoms. The fraction of sp³-hybridized carbons (Fsp3) is 0.423. The molecule has 2 heterocycles. The van der Waals surface area contributed by atoms with Crippen molar-refractivity contribution in [3.8, 4) is 0 Å². The van der Waals surface area contributed by atoms with Crippen LogP contribution >= 0.6 is 24.2 Å². The molecule has 3 aliphatic rings. The van der Waals surface area contributed by atoms with E-state index >= 15 is 0 Å². The van der Waals surface area contributed by atoms with Gasteiger partial charge < -0.3 is 4.90 Å². The highest BCUT2D eigenvalue weighted by atomic mass is 35.5. The number of nitrogens with zero attached hydrogens (tertiary/aromatic N) is 1. The average Bonchev–Trinajstić information content (AvgIpc) is 2.78. The number of hydrogen-bond acceptors (Lipinski definition) is 3. The second kappa shape index (κ2) is 10.0. The maximum absolute atomic E-state index is 14.0. The highest BCUT2D eigenvalue weighted by Gasteiger charge is 2.34. The summed E-state index contributed by atoms with van der Waals surface area (Å²) in [6, 6.07) is 8.43. The van der Waals surface area contributed by atoms with Crippen LogP contribution in [-0.4, -0.2) is 30.3 Å². The van der Waals surface area contributed by atoms with Gasteiger partial charge >= 0.3 is 6.18 Å². The van der Waals surface area contributed by atoms with Crippen molar-refractivity contribution in [2.75, 3.05) is 19.6 Å². The molecule has 0 unspecified atom stereocenters. The monoisotopic (exact) mass is 511 g/mol. The Labute approximate surface area is 207 Å². The lowest BCUT2D eigenvalue weighted by atomic mass is 9.85. The van der Waals surface area contributed by atoms with Gasteiger partial charge in [0.2, 0.25) is 0 Å². The number of hydrogen-bond donors (Lipinski definition) is 0. The van der Waals surface area contributed by atoms with Crippen LogP contribution < -0.4 is 0 Å². The molecule has 0 atom stereocenters. The zero-order chi connectivity index (χ0) is 23.2. The number of ketones is 1. The minimum absolute atomic E-state index is 0. The summed E-state index contributed by atoms with van der Waals surface area (Å²) < 4.78 is 54.4. The predicted molar refractivity (Wildman–Crippen MR) is 128 cm³/mol. The number of benzene rings is 2. The van der Waals surface area contributed by atoms with E-state index in [1.807, 2.05) is 0 Å². The number of fused-ring (bicyclic) bond motifs is 2. The van der Waals surface area contributed by atoms with Crippen LogP contribution in [0, 0.1) is 11.7 Å². The van der Waals surface area contributed by atoms with Gasteiger partial charge in [0, 0.05) is 42.3 Å². The van der Waals surface area contributed by atoms with Gasteiger partial charge in [-0.1, -0.05) is 23.4 Å². The molecule has 0 N–H and O–H groups in total. The normalized spacial score (nSPS) is 19.5. The Morgan fingerprint density at radius 2 is 1.62 bits per heavy atom. The van der Waals surface area contributed by atoms with Gasteiger partial charge in [-0.3, -0.25) is 4.79 Å². The number of Topliss-reactive ketones (excluding diaryl/α,β-unsaturated/α-hetero) is 1. The molecule has 0 radical (unpaired) electrons. The topological polar surface area (TPSA) is 20.3 Å². The lowest BCUT2D eigenvalue weighted by Gasteiger charge is -2.35. The van der Waals surface area contributed by atoms with E-state index < -0.39 is 11.7 Å². The summed E-state index contributed by atoms with van der Waals surface area (Å²) in [5.74, 6) is 0.558. The van der Waals surface area contributed by atoms with E-state index in [-0.39, 0.29) is 18.2 Å². The Kier molecular flexibility index (Phi) is 7.46. The molecule has 1 aliphatic carbocycles. The summed E-state index contributed by atoms with van der Waals surface area (Å²) in [4.78, 5) is 15.4. The van der Waals surface area contributed by atoms with Crippen molar-refractivity contribution in [3.63, 3.8) is 0 Å². The van der Waals surface area contributed by atoms with Gasteiger partial charge in [0.15, 0.2) is 0 Å². The second-order valence-corrected chi connectivity index (χ2v) is 10.3. The highest BCUT2D eigenvalue weighted by Crippen LogP contribution is 2.49. The molecular formula is C26H26ClF4NOS. The van der Waals surface area contributed by atoms with Gasteiger partial charge in [-0.15, -0.1) is 12.4 Å². The van der Waals surface area contributed by atoms with Crippen molar-refractivity contribution in [2.45, 2.75) is 54.5 Å². The number of likely N-dealkylation sites (tertiary alicyclic amines) is 1. The molecule has 34 heavy (non-hydrogen) atoms. The molecule has 1 saturated heterocycles. The first-order valence-electron chi connectivity index (χ1n) is 11.4. The van der Waals surface area contributed by atoms with Crippen LogP contribution in [0.25, 0.3) is 5.57 Å². The standard InChI is InChI=1S/C26H25F4NOS.ClH/c27-19-4-7-21-24(14-19)33-23-8-3-18(26(28,29)30)13-22(23)25(21)17-9-11-31(12-10-17)15-16-1-5-20(32)6-2-16;/h3-4,7-8,13-14,16H,1-2,5-6,9-12,15H2;1H. The molecule has 2 aromatic rings. The fourth-order valence-corrected chi connectivity index (χ4v) is 6.32. The van der Waals surface area contributed by atoms with Crippen molar-refractivity contribution in [3.05, 3.63) is 64.5 Å². The average molecular weight is 512 g/mol. The molecule has 2 aromatic carbocycles. The van der Waals surface area contributed by atoms with E-state index in [9.17, 15) is 22.4 Å². The SMILES string of the molecule is Cl.O=C1CCC(CN2CCC(=C3c4ccc(F)cc4Sc4ccc(C(F)(F)F)cc43)CC2)CC1. The quantitative estimate of drug-likeness (QED) is 0.335. The molecular weight excluding hydrogens is 486 g/mol. The second-order valence-electron chi connectivity index (χ2n) is 9.21. The first kappa shape index (κ1) is 25.3. The largest absolute Gasteiger partial charge is 0.416 e. The molecule has 182 valence electrons. The molecule has 1 saturated carbocycles. The minimum atomic E-state index is -4.41. The van der Waals surface area contributed by atoms with E-state index in [1.54, 1.807) is 6.07 Å². The van der Waals surface area contributed by atoms with Crippen molar-refractivity contribution in [1.82, 2.24) is 4.90 Å².